The number of rotatable bonds is 6. The van der Waals surface area contributed by atoms with Crippen molar-refractivity contribution >= 4 is 5.97 Å². The van der Waals surface area contributed by atoms with Gasteiger partial charge in [-0.05, 0) is 0 Å². The predicted molar refractivity (Wildman–Crippen MR) is 59.0 cm³/mol. The molecule has 0 spiro atoms. The summed E-state index contributed by atoms with van der Waals surface area (Å²) in [7, 11) is 0. The number of carbonyl (C=O) groups is 1. The molecule has 2 heteroatoms. The summed E-state index contributed by atoms with van der Waals surface area (Å²) in [6.45, 7) is 3.53. The minimum Gasteiger partial charge on any atom is -0.481 e. The molecule has 0 aromatic rings. The molecule has 0 aromatic carbocycles. The van der Waals surface area contributed by atoms with E-state index in [1.54, 1.807) is 24.3 Å². The Morgan fingerprint density at radius 1 is 1.00 bits per heavy atom. The molecule has 0 heterocycles. The molecule has 0 bridgehead atoms. The van der Waals surface area contributed by atoms with Crippen LogP contribution in [0.1, 0.15) is 6.42 Å². The van der Waals surface area contributed by atoms with Crippen molar-refractivity contribution in [1.29, 1.82) is 0 Å². The Kier molecular flexibility index (Phi) is 8.05. The van der Waals surface area contributed by atoms with Gasteiger partial charge >= 0.3 is 5.97 Å². The van der Waals surface area contributed by atoms with E-state index in [0.29, 0.717) is 0 Å². The second kappa shape index (κ2) is 9.26. The fraction of sp³-hybridized carbons (Fsp3) is 0.0833. The first-order chi connectivity index (χ1) is 6.77. The van der Waals surface area contributed by atoms with Gasteiger partial charge in [-0.15, -0.1) is 0 Å². The van der Waals surface area contributed by atoms with Crippen molar-refractivity contribution in [3.8, 4) is 0 Å². The molecular weight excluding hydrogens is 176 g/mol. The van der Waals surface area contributed by atoms with Crippen LogP contribution in [0.15, 0.2) is 61.3 Å². The van der Waals surface area contributed by atoms with E-state index in [0.717, 1.165) is 0 Å². The molecule has 0 fully saturated rings. The second-order valence-electron chi connectivity index (χ2n) is 2.42. The fourth-order valence-corrected chi connectivity index (χ4v) is 0.647. The van der Waals surface area contributed by atoms with E-state index < -0.39 is 5.97 Å². The van der Waals surface area contributed by atoms with Crippen LogP contribution in [0.25, 0.3) is 0 Å². The summed E-state index contributed by atoms with van der Waals surface area (Å²) in [6, 6.07) is 0. The first-order valence-electron chi connectivity index (χ1n) is 4.26. The zero-order valence-corrected chi connectivity index (χ0v) is 7.97. The summed E-state index contributed by atoms with van der Waals surface area (Å²) in [5.41, 5.74) is 0. The van der Waals surface area contributed by atoms with E-state index >= 15 is 0 Å². The molecule has 14 heavy (non-hydrogen) atoms. The van der Waals surface area contributed by atoms with Crippen molar-refractivity contribution in [1.82, 2.24) is 0 Å². The highest BCUT2D eigenvalue weighted by molar-refractivity contribution is 5.68. The van der Waals surface area contributed by atoms with Crippen LogP contribution in [0.5, 0.6) is 0 Å². The Bertz CT molecular complexity index is 281. The van der Waals surface area contributed by atoms with E-state index in [1.807, 2.05) is 30.4 Å². The SMILES string of the molecule is C=C\C=C/C=C\C=C/C=C\CC(=O)O. The maximum atomic E-state index is 10.1. The number of carboxylic acids is 1. The average molecular weight is 190 g/mol. The summed E-state index contributed by atoms with van der Waals surface area (Å²) in [6.07, 6.45) is 16.1. The van der Waals surface area contributed by atoms with E-state index in [9.17, 15) is 4.79 Å². The van der Waals surface area contributed by atoms with Crippen LogP contribution in [-0.2, 0) is 4.79 Å². The predicted octanol–water partition coefficient (Wildman–Crippen LogP) is 2.87. The van der Waals surface area contributed by atoms with E-state index in [1.165, 1.54) is 0 Å². The molecule has 0 saturated carbocycles. The molecular formula is C12H14O2. The first-order valence-corrected chi connectivity index (χ1v) is 4.26. The standard InChI is InChI=1S/C12H14O2/c1-2-3-4-5-6-7-8-9-10-11-12(13)14/h2-10H,1,11H2,(H,13,14)/b4-3-,6-5-,8-7-,10-9-. The lowest BCUT2D eigenvalue weighted by molar-refractivity contribution is -0.135. The lowest BCUT2D eigenvalue weighted by Crippen LogP contribution is -1.89. The van der Waals surface area contributed by atoms with Crippen LogP contribution >= 0.6 is 0 Å². The van der Waals surface area contributed by atoms with Gasteiger partial charge < -0.3 is 5.11 Å². The van der Waals surface area contributed by atoms with Crippen LogP contribution in [0.2, 0.25) is 0 Å². The molecule has 0 aliphatic heterocycles. The maximum Gasteiger partial charge on any atom is 0.307 e. The first kappa shape index (κ1) is 12.2. The van der Waals surface area contributed by atoms with Gasteiger partial charge in [0.1, 0.15) is 0 Å². The summed E-state index contributed by atoms with van der Waals surface area (Å²) in [4.78, 5) is 10.1. The third-order valence-electron chi connectivity index (χ3n) is 1.23. The van der Waals surface area contributed by atoms with E-state index in [-0.39, 0.29) is 6.42 Å². The molecule has 1 N–H and O–H groups in total. The van der Waals surface area contributed by atoms with Gasteiger partial charge in [0.2, 0.25) is 0 Å². The topological polar surface area (TPSA) is 37.3 Å². The largest absolute Gasteiger partial charge is 0.481 e. The lowest BCUT2D eigenvalue weighted by Gasteiger charge is -1.79. The van der Waals surface area contributed by atoms with Crippen LogP contribution in [0.4, 0.5) is 0 Å². The molecule has 0 aliphatic rings. The van der Waals surface area contributed by atoms with Crippen LogP contribution in [-0.4, -0.2) is 11.1 Å². The highest BCUT2D eigenvalue weighted by Crippen LogP contribution is 1.85. The number of carboxylic acid groups (broad SMARTS) is 1. The van der Waals surface area contributed by atoms with Gasteiger partial charge in [0.05, 0.1) is 6.42 Å². The Labute approximate surface area is 84.3 Å². The van der Waals surface area contributed by atoms with Crippen LogP contribution in [0.3, 0.4) is 0 Å². The summed E-state index contributed by atoms with van der Waals surface area (Å²) >= 11 is 0. The third-order valence-corrected chi connectivity index (χ3v) is 1.23. The van der Waals surface area contributed by atoms with Crippen molar-refractivity contribution in [2.24, 2.45) is 0 Å². The van der Waals surface area contributed by atoms with Gasteiger partial charge in [-0.2, -0.15) is 0 Å². The Morgan fingerprint density at radius 3 is 2.00 bits per heavy atom. The van der Waals surface area contributed by atoms with E-state index in [2.05, 4.69) is 6.58 Å². The Balaban J connectivity index is 3.67. The summed E-state index contributed by atoms with van der Waals surface area (Å²) in [5.74, 6) is -0.820. The minimum atomic E-state index is -0.820. The van der Waals surface area contributed by atoms with Crippen molar-refractivity contribution in [2.75, 3.05) is 0 Å². The van der Waals surface area contributed by atoms with Crippen molar-refractivity contribution in [3.05, 3.63) is 61.3 Å². The fourth-order valence-electron chi connectivity index (χ4n) is 0.647. The van der Waals surface area contributed by atoms with Gasteiger partial charge in [0, 0.05) is 0 Å². The molecule has 0 aromatic heterocycles. The van der Waals surface area contributed by atoms with Crippen molar-refractivity contribution in [3.63, 3.8) is 0 Å². The van der Waals surface area contributed by atoms with E-state index in [4.69, 9.17) is 5.11 Å². The number of allylic oxidation sites excluding steroid dienone is 8. The lowest BCUT2D eigenvalue weighted by atomic mass is 10.3. The molecule has 0 aliphatic carbocycles. The van der Waals surface area contributed by atoms with Crippen molar-refractivity contribution in [2.45, 2.75) is 6.42 Å². The molecule has 74 valence electrons. The van der Waals surface area contributed by atoms with Crippen LogP contribution in [0, 0.1) is 0 Å². The zero-order valence-electron chi connectivity index (χ0n) is 7.97. The van der Waals surface area contributed by atoms with Crippen LogP contribution < -0.4 is 0 Å². The number of hydrogen-bond acceptors (Lipinski definition) is 1. The molecule has 0 rings (SSSR count). The third kappa shape index (κ3) is 10.2. The molecule has 0 atom stereocenters. The number of hydrogen-bond donors (Lipinski definition) is 1. The zero-order chi connectivity index (χ0) is 10.6. The van der Waals surface area contributed by atoms with Gasteiger partial charge in [0.25, 0.3) is 0 Å². The molecule has 0 radical (unpaired) electrons. The second-order valence-corrected chi connectivity index (χ2v) is 2.42. The molecule has 0 unspecified atom stereocenters. The normalized spacial score (nSPS) is 12.3. The molecule has 2 nitrogen and oxygen atoms in total. The van der Waals surface area contributed by atoms with Gasteiger partial charge in [0.15, 0.2) is 0 Å². The number of aliphatic carboxylic acids is 1. The molecule has 0 amide bonds. The Hall–Kier alpha value is -1.83. The summed E-state index contributed by atoms with van der Waals surface area (Å²) < 4.78 is 0. The highest BCUT2D eigenvalue weighted by atomic mass is 16.4. The summed E-state index contributed by atoms with van der Waals surface area (Å²) in [5, 5.41) is 8.31. The van der Waals surface area contributed by atoms with Gasteiger partial charge in [-0.1, -0.05) is 61.3 Å². The van der Waals surface area contributed by atoms with Gasteiger partial charge in [-0.25, -0.2) is 0 Å². The maximum absolute atomic E-state index is 10.1. The molecule has 0 saturated heterocycles. The minimum absolute atomic E-state index is 0.0599. The Morgan fingerprint density at radius 2 is 1.50 bits per heavy atom. The van der Waals surface area contributed by atoms with Crippen molar-refractivity contribution < 1.29 is 9.90 Å². The monoisotopic (exact) mass is 190 g/mol. The smallest absolute Gasteiger partial charge is 0.307 e. The highest BCUT2D eigenvalue weighted by Gasteiger charge is 1.86. The average Bonchev–Trinajstić information content (AvgIpc) is 2.15. The van der Waals surface area contributed by atoms with Gasteiger partial charge in [-0.3, -0.25) is 4.79 Å². The quantitative estimate of drug-likeness (QED) is 0.654.